The van der Waals surface area contributed by atoms with E-state index in [0.717, 1.165) is 61.4 Å². The molecule has 1 atom stereocenters. The van der Waals surface area contributed by atoms with Crippen molar-refractivity contribution < 1.29 is 9.90 Å². The lowest BCUT2D eigenvalue weighted by molar-refractivity contribution is -0.122. The van der Waals surface area contributed by atoms with Crippen LogP contribution in [0.5, 0.6) is 0 Å². The number of nitrogens with zero attached hydrogens (tertiary/aromatic N) is 2. The van der Waals surface area contributed by atoms with E-state index < -0.39 is 0 Å². The van der Waals surface area contributed by atoms with Gasteiger partial charge in [-0.3, -0.25) is 9.79 Å². The first-order chi connectivity index (χ1) is 15.9. The number of aliphatic hydroxyl groups is 1. The van der Waals surface area contributed by atoms with Crippen LogP contribution in [0.15, 0.2) is 47.5 Å². The van der Waals surface area contributed by atoms with Crippen molar-refractivity contribution in [1.82, 2.24) is 5.32 Å². The Balaban J connectivity index is 1.56. The van der Waals surface area contributed by atoms with Crippen molar-refractivity contribution in [2.24, 2.45) is 16.6 Å². The van der Waals surface area contributed by atoms with Crippen molar-refractivity contribution in [2.45, 2.75) is 58.5 Å². The zero-order chi connectivity index (χ0) is 23.8. The van der Waals surface area contributed by atoms with Crippen LogP contribution in [-0.4, -0.2) is 43.0 Å². The summed E-state index contributed by atoms with van der Waals surface area (Å²) in [5, 5.41) is 12.5. The van der Waals surface area contributed by atoms with Crippen LogP contribution >= 0.6 is 0 Å². The molecule has 178 valence electrons. The van der Waals surface area contributed by atoms with Gasteiger partial charge in [-0.15, -0.1) is 0 Å². The third kappa shape index (κ3) is 7.22. The maximum atomic E-state index is 13.2. The van der Waals surface area contributed by atoms with Gasteiger partial charge in [0, 0.05) is 50.1 Å². The standard InChI is InChI=1S/C27H38N4O2/c1-19-15-26(12-9-23(19)18-29-17-20(2)28)31(3)27(33)22-7-10-24(11-8-22)30-25-6-4-5-21(16-25)13-14-32/h4-6,9,12,15-16,20,22,29,32H,7-8,10-11,13-14,17-18,28H2,1-3H3/t20-,22?/m0/s1. The highest BCUT2D eigenvalue weighted by molar-refractivity contribution is 5.96. The van der Waals surface area contributed by atoms with Crippen LogP contribution in [0.1, 0.15) is 49.3 Å². The number of aryl methyl sites for hydroxylation is 1. The van der Waals surface area contributed by atoms with E-state index in [0.29, 0.717) is 6.42 Å². The van der Waals surface area contributed by atoms with Crippen LogP contribution in [0.25, 0.3) is 0 Å². The molecule has 3 rings (SSSR count). The average Bonchev–Trinajstić information content (AvgIpc) is 2.80. The molecule has 0 unspecified atom stereocenters. The minimum atomic E-state index is 0.0300. The largest absolute Gasteiger partial charge is 0.396 e. The Hall–Kier alpha value is -2.54. The predicted octanol–water partition coefficient (Wildman–Crippen LogP) is 3.89. The molecule has 0 aliphatic heterocycles. The molecule has 6 nitrogen and oxygen atoms in total. The molecule has 2 aromatic carbocycles. The molecule has 33 heavy (non-hydrogen) atoms. The summed E-state index contributed by atoms with van der Waals surface area (Å²) in [4.78, 5) is 19.8. The van der Waals surface area contributed by atoms with Gasteiger partial charge in [0.2, 0.25) is 5.91 Å². The Morgan fingerprint density at radius 1 is 1.24 bits per heavy atom. The fourth-order valence-electron chi connectivity index (χ4n) is 4.33. The Bertz CT molecular complexity index is 960. The van der Waals surface area contributed by atoms with Crippen molar-refractivity contribution in [3.63, 3.8) is 0 Å². The van der Waals surface area contributed by atoms with Crippen molar-refractivity contribution in [3.8, 4) is 0 Å². The lowest BCUT2D eigenvalue weighted by Crippen LogP contribution is -2.35. The third-order valence-electron chi connectivity index (χ3n) is 6.34. The van der Waals surface area contributed by atoms with E-state index in [1.807, 2.05) is 44.3 Å². The Labute approximate surface area is 197 Å². The number of benzene rings is 2. The molecular formula is C27H38N4O2. The molecule has 0 spiro atoms. The number of nitrogens with two attached hydrogens (primary N) is 1. The van der Waals surface area contributed by atoms with Gasteiger partial charge in [0.25, 0.3) is 0 Å². The van der Waals surface area contributed by atoms with E-state index in [9.17, 15) is 4.79 Å². The number of aliphatic hydroxyl groups excluding tert-OH is 1. The normalized spacial score (nSPS) is 17.0. The minimum Gasteiger partial charge on any atom is -0.396 e. The fourth-order valence-corrected chi connectivity index (χ4v) is 4.33. The number of carbonyl (C=O) groups excluding carboxylic acids is 1. The van der Waals surface area contributed by atoms with Gasteiger partial charge in [0.15, 0.2) is 0 Å². The van der Waals surface area contributed by atoms with Crippen molar-refractivity contribution in [1.29, 1.82) is 0 Å². The molecule has 2 aromatic rings. The summed E-state index contributed by atoms with van der Waals surface area (Å²) in [5.41, 5.74) is 12.3. The lowest BCUT2D eigenvalue weighted by Gasteiger charge is -2.27. The maximum Gasteiger partial charge on any atom is 0.229 e. The molecule has 6 heteroatoms. The lowest BCUT2D eigenvalue weighted by atomic mass is 9.86. The quantitative estimate of drug-likeness (QED) is 0.540. The summed E-state index contributed by atoms with van der Waals surface area (Å²) < 4.78 is 0. The molecule has 1 saturated carbocycles. The molecule has 4 N–H and O–H groups in total. The Morgan fingerprint density at radius 2 is 2.00 bits per heavy atom. The summed E-state index contributed by atoms with van der Waals surface area (Å²) in [6.45, 7) is 5.77. The van der Waals surface area contributed by atoms with Crippen LogP contribution in [0.2, 0.25) is 0 Å². The van der Waals surface area contributed by atoms with Crippen LogP contribution < -0.4 is 16.0 Å². The van der Waals surface area contributed by atoms with Gasteiger partial charge in [0.1, 0.15) is 0 Å². The summed E-state index contributed by atoms with van der Waals surface area (Å²) in [6, 6.07) is 14.4. The fraction of sp³-hybridized carbons (Fsp3) is 0.481. The van der Waals surface area contributed by atoms with E-state index in [1.54, 1.807) is 4.90 Å². The van der Waals surface area contributed by atoms with E-state index in [1.165, 1.54) is 11.1 Å². The Morgan fingerprint density at radius 3 is 2.67 bits per heavy atom. The molecule has 1 fully saturated rings. The van der Waals surface area contributed by atoms with E-state index >= 15 is 0 Å². The van der Waals surface area contributed by atoms with E-state index in [4.69, 9.17) is 15.8 Å². The molecule has 0 aromatic heterocycles. The van der Waals surface area contributed by atoms with Crippen molar-refractivity contribution in [2.75, 3.05) is 25.1 Å². The molecule has 0 heterocycles. The van der Waals surface area contributed by atoms with Crippen molar-refractivity contribution in [3.05, 3.63) is 59.2 Å². The third-order valence-corrected chi connectivity index (χ3v) is 6.34. The number of aliphatic imine (C=N–C) groups is 1. The van der Waals surface area contributed by atoms with Crippen molar-refractivity contribution >= 4 is 23.0 Å². The topological polar surface area (TPSA) is 91.0 Å². The second-order valence-electron chi connectivity index (χ2n) is 9.21. The highest BCUT2D eigenvalue weighted by atomic mass is 16.3. The second kappa shape index (κ2) is 12.1. The molecule has 0 bridgehead atoms. The zero-order valence-corrected chi connectivity index (χ0v) is 20.2. The number of rotatable bonds is 9. The Kier molecular flexibility index (Phi) is 9.18. The number of nitrogens with one attached hydrogen (secondary N) is 1. The molecule has 1 amide bonds. The summed E-state index contributed by atoms with van der Waals surface area (Å²) in [6.07, 6.45) is 3.99. The number of amides is 1. The van der Waals surface area contributed by atoms with Gasteiger partial charge in [0.05, 0.1) is 5.69 Å². The van der Waals surface area contributed by atoms with Gasteiger partial charge in [-0.2, -0.15) is 0 Å². The smallest absolute Gasteiger partial charge is 0.229 e. The van der Waals surface area contributed by atoms with E-state index in [2.05, 4.69) is 24.4 Å². The zero-order valence-electron chi connectivity index (χ0n) is 20.2. The highest BCUT2D eigenvalue weighted by Gasteiger charge is 2.27. The van der Waals surface area contributed by atoms with Gasteiger partial charge < -0.3 is 21.1 Å². The van der Waals surface area contributed by atoms with Gasteiger partial charge in [-0.1, -0.05) is 18.2 Å². The number of anilines is 1. The first kappa shape index (κ1) is 25.1. The average molecular weight is 451 g/mol. The first-order valence-electron chi connectivity index (χ1n) is 12.0. The predicted molar refractivity (Wildman–Crippen MR) is 136 cm³/mol. The van der Waals surface area contributed by atoms with Gasteiger partial charge >= 0.3 is 0 Å². The molecule has 1 aliphatic rings. The summed E-state index contributed by atoms with van der Waals surface area (Å²) in [7, 11) is 1.88. The second-order valence-corrected chi connectivity index (χ2v) is 9.21. The molecule has 0 radical (unpaired) electrons. The molecular weight excluding hydrogens is 412 g/mol. The SMILES string of the molecule is Cc1cc(N(C)C(=O)C2CCC(=Nc3cccc(CCO)c3)CC2)ccc1CNC[C@H](C)N. The molecule has 1 aliphatic carbocycles. The molecule has 0 saturated heterocycles. The maximum absolute atomic E-state index is 13.2. The number of hydrogen-bond acceptors (Lipinski definition) is 5. The number of hydrogen-bond donors (Lipinski definition) is 3. The van der Waals surface area contributed by atoms with Crippen LogP contribution in [0.3, 0.4) is 0 Å². The minimum absolute atomic E-state index is 0.0300. The van der Waals surface area contributed by atoms with Gasteiger partial charge in [-0.25, -0.2) is 0 Å². The van der Waals surface area contributed by atoms with Gasteiger partial charge in [-0.05, 0) is 86.9 Å². The van der Waals surface area contributed by atoms with Crippen LogP contribution in [-0.2, 0) is 17.8 Å². The number of carbonyl (C=O) groups is 1. The first-order valence-corrected chi connectivity index (χ1v) is 12.0. The summed E-state index contributed by atoms with van der Waals surface area (Å²) >= 11 is 0. The van der Waals surface area contributed by atoms with E-state index in [-0.39, 0.29) is 24.5 Å². The monoisotopic (exact) mass is 450 g/mol. The summed E-state index contributed by atoms with van der Waals surface area (Å²) in [5.74, 6) is 0.212. The highest BCUT2D eigenvalue weighted by Crippen LogP contribution is 2.28. The van der Waals surface area contributed by atoms with Crippen LogP contribution in [0, 0.1) is 12.8 Å². The van der Waals surface area contributed by atoms with Crippen LogP contribution in [0.4, 0.5) is 11.4 Å².